The minimum absolute atomic E-state index is 0.174. The van der Waals surface area contributed by atoms with Crippen LogP contribution in [0, 0.1) is 26.7 Å². The molecular formula is C26H32N4O3S. The highest BCUT2D eigenvalue weighted by Gasteiger charge is 2.33. The lowest BCUT2D eigenvalue weighted by Crippen LogP contribution is -2.38. The van der Waals surface area contributed by atoms with E-state index in [2.05, 4.69) is 17.3 Å². The van der Waals surface area contributed by atoms with Gasteiger partial charge in [0.2, 0.25) is 10.0 Å². The number of carbonyl (C=O) groups excluding carboxylic acids is 1. The van der Waals surface area contributed by atoms with Crippen LogP contribution in [0.4, 0.5) is 5.69 Å². The van der Waals surface area contributed by atoms with Gasteiger partial charge in [-0.15, -0.1) is 0 Å². The second kappa shape index (κ2) is 9.72. The molecule has 2 heterocycles. The van der Waals surface area contributed by atoms with E-state index in [1.165, 1.54) is 0 Å². The summed E-state index contributed by atoms with van der Waals surface area (Å²) < 4.78 is 30.0. The Labute approximate surface area is 201 Å². The standard InChI is InChI=1S/C26H32N4O3S/c1-18-12-14-29(15-13-18)34(32,33)25-20(3)28-30(21(25)4)17-22-8-10-23(11-9-22)26(31)27-24-7-5-6-19(2)16-24/h5-11,16,18H,12-15,17H2,1-4H3,(H,27,31). The number of hydrogen-bond acceptors (Lipinski definition) is 4. The Bertz CT molecular complexity index is 1290. The Kier molecular flexibility index (Phi) is 6.91. The van der Waals surface area contributed by atoms with Crippen LogP contribution in [-0.2, 0) is 16.6 Å². The van der Waals surface area contributed by atoms with Gasteiger partial charge in [0.25, 0.3) is 5.91 Å². The normalized spacial score (nSPS) is 15.4. The first-order valence-corrected chi connectivity index (χ1v) is 13.1. The molecule has 1 amide bonds. The van der Waals surface area contributed by atoms with Gasteiger partial charge in [-0.25, -0.2) is 8.42 Å². The number of piperidine rings is 1. The fourth-order valence-electron chi connectivity index (χ4n) is 4.42. The van der Waals surface area contributed by atoms with E-state index in [1.54, 1.807) is 28.0 Å². The number of aryl methyl sites for hydroxylation is 2. The Morgan fingerprint density at radius 3 is 2.38 bits per heavy atom. The van der Waals surface area contributed by atoms with Crippen LogP contribution in [0.1, 0.15) is 52.6 Å². The molecule has 4 rings (SSSR count). The molecule has 1 aliphatic rings. The number of hydrogen-bond donors (Lipinski definition) is 1. The number of anilines is 1. The molecule has 2 aromatic carbocycles. The Hall–Kier alpha value is -2.97. The predicted octanol–water partition coefficient (Wildman–Crippen LogP) is 4.53. The summed E-state index contributed by atoms with van der Waals surface area (Å²) in [5.74, 6) is 0.380. The van der Waals surface area contributed by atoms with Crippen LogP contribution >= 0.6 is 0 Å². The van der Waals surface area contributed by atoms with Crippen LogP contribution in [0.5, 0.6) is 0 Å². The molecule has 34 heavy (non-hydrogen) atoms. The number of amides is 1. The van der Waals surface area contributed by atoms with Crippen molar-refractivity contribution in [3.05, 3.63) is 76.6 Å². The van der Waals surface area contributed by atoms with Gasteiger partial charge in [-0.1, -0.05) is 31.2 Å². The smallest absolute Gasteiger partial charge is 0.255 e. The fourth-order valence-corrected chi connectivity index (χ4v) is 6.27. The minimum atomic E-state index is -3.57. The van der Waals surface area contributed by atoms with E-state index in [4.69, 9.17) is 0 Å². The van der Waals surface area contributed by atoms with Crippen LogP contribution in [-0.4, -0.2) is 41.5 Å². The maximum Gasteiger partial charge on any atom is 0.255 e. The van der Waals surface area contributed by atoms with Crippen molar-refractivity contribution in [2.24, 2.45) is 5.92 Å². The van der Waals surface area contributed by atoms with Crippen LogP contribution in [0.25, 0.3) is 0 Å². The molecule has 1 aromatic heterocycles. The van der Waals surface area contributed by atoms with Crippen molar-refractivity contribution in [1.82, 2.24) is 14.1 Å². The largest absolute Gasteiger partial charge is 0.322 e. The summed E-state index contributed by atoms with van der Waals surface area (Å²) in [6.45, 7) is 9.24. The van der Waals surface area contributed by atoms with Crippen molar-refractivity contribution >= 4 is 21.6 Å². The highest BCUT2D eigenvalue weighted by Crippen LogP contribution is 2.28. The van der Waals surface area contributed by atoms with E-state index >= 15 is 0 Å². The second-order valence-corrected chi connectivity index (χ2v) is 11.1. The maximum atomic E-state index is 13.3. The molecule has 0 aliphatic carbocycles. The third-order valence-corrected chi connectivity index (χ3v) is 8.63. The molecule has 0 atom stereocenters. The zero-order valence-corrected chi connectivity index (χ0v) is 21.0. The van der Waals surface area contributed by atoms with Crippen molar-refractivity contribution < 1.29 is 13.2 Å². The number of rotatable bonds is 6. The van der Waals surface area contributed by atoms with Crippen LogP contribution < -0.4 is 5.32 Å². The predicted molar refractivity (Wildman–Crippen MR) is 134 cm³/mol. The second-order valence-electron chi connectivity index (χ2n) is 9.26. The van der Waals surface area contributed by atoms with Crippen molar-refractivity contribution in [2.45, 2.75) is 52.0 Å². The molecule has 0 saturated carbocycles. The lowest BCUT2D eigenvalue weighted by atomic mass is 10.0. The summed E-state index contributed by atoms with van der Waals surface area (Å²) in [6, 6.07) is 15.0. The number of benzene rings is 2. The Morgan fingerprint density at radius 1 is 1.06 bits per heavy atom. The number of nitrogens with one attached hydrogen (secondary N) is 1. The van der Waals surface area contributed by atoms with Crippen molar-refractivity contribution in [3.8, 4) is 0 Å². The van der Waals surface area contributed by atoms with E-state index in [1.807, 2.05) is 50.2 Å². The van der Waals surface area contributed by atoms with E-state index in [0.717, 1.165) is 29.7 Å². The van der Waals surface area contributed by atoms with Gasteiger partial charge in [0.05, 0.1) is 17.9 Å². The van der Waals surface area contributed by atoms with Crippen molar-refractivity contribution in [1.29, 1.82) is 0 Å². The lowest BCUT2D eigenvalue weighted by Gasteiger charge is -2.29. The number of nitrogens with zero attached hydrogens (tertiary/aromatic N) is 3. The molecule has 3 aromatic rings. The SMILES string of the molecule is Cc1cccc(NC(=O)c2ccc(Cn3nc(C)c(S(=O)(=O)N4CCC(C)CC4)c3C)cc2)c1. The molecule has 1 N–H and O–H groups in total. The third kappa shape index (κ3) is 5.08. The monoisotopic (exact) mass is 480 g/mol. The van der Waals surface area contributed by atoms with Gasteiger partial charge in [0.15, 0.2) is 0 Å². The zero-order chi connectivity index (χ0) is 24.5. The van der Waals surface area contributed by atoms with Crippen molar-refractivity contribution in [3.63, 3.8) is 0 Å². The molecule has 0 unspecified atom stereocenters. The molecule has 7 nitrogen and oxygen atoms in total. The Morgan fingerprint density at radius 2 is 1.74 bits per heavy atom. The molecule has 180 valence electrons. The molecule has 8 heteroatoms. The first-order valence-electron chi connectivity index (χ1n) is 11.7. The van der Waals surface area contributed by atoms with E-state index in [-0.39, 0.29) is 5.91 Å². The summed E-state index contributed by atoms with van der Waals surface area (Å²) in [5, 5.41) is 7.45. The Balaban J connectivity index is 1.48. The molecule has 1 saturated heterocycles. The van der Waals surface area contributed by atoms with Crippen LogP contribution in [0.3, 0.4) is 0 Å². The summed E-state index contributed by atoms with van der Waals surface area (Å²) >= 11 is 0. The summed E-state index contributed by atoms with van der Waals surface area (Å²) in [5.41, 5.74) is 4.49. The van der Waals surface area contributed by atoms with Crippen LogP contribution in [0.2, 0.25) is 0 Å². The topological polar surface area (TPSA) is 84.3 Å². The molecule has 0 bridgehead atoms. The van der Waals surface area contributed by atoms with Gasteiger partial charge in [0.1, 0.15) is 4.90 Å². The van der Waals surface area contributed by atoms with Gasteiger partial charge < -0.3 is 5.32 Å². The maximum absolute atomic E-state index is 13.3. The first-order chi connectivity index (χ1) is 16.1. The highest BCUT2D eigenvalue weighted by atomic mass is 32.2. The first kappa shape index (κ1) is 24.2. The number of sulfonamides is 1. The number of aromatic nitrogens is 2. The van der Waals surface area contributed by atoms with Crippen LogP contribution in [0.15, 0.2) is 53.4 Å². The van der Waals surface area contributed by atoms with E-state index in [9.17, 15) is 13.2 Å². The molecule has 1 aliphatic heterocycles. The van der Waals surface area contributed by atoms with Gasteiger partial charge in [0, 0.05) is 24.3 Å². The minimum Gasteiger partial charge on any atom is -0.322 e. The highest BCUT2D eigenvalue weighted by molar-refractivity contribution is 7.89. The third-order valence-electron chi connectivity index (χ3n) is 6.48. The van der Waals surface area contributed by atoms with Crippen molar-refractivity contribution in [2.75, 3.05) is 18.4 Å². The van der Waals surface area contributed by atoms with Gasteiger partial charge >= 0.3 is 0 Å². The molecule has 0 radical (unpaired) electrons. The summed E-state index contributed by atoms with van der Waals surface area (Å²) in [7, 11) is -3.57. The fraction of sp³-hybridized carbons (Fsp3) is 0.385. The quantitative estimate of drug-likeness (QED) is 0.562. The van der Waals surface area contributed by atoms with Gasteiger partial charge in [-0.3, -0.25) is 9.48 Å². The summed E-state index contributed by atoms with van der Waals surface area (Å²) in [4.78, 5) is 12.9. The van der Waals surface area contributed by atoms with Gasteiger partial charge in [-0.05, 0) is 74.9 Å². The van der Waals surface area contributed by atoms with E-state index in [0.29, 0.717) is 47.4 Å². The van der Waals surface area contributed by atoms with Gasteiger partial charge in [-0.2, -0.15) is 9.40 Å². The molecule has 0 spiro atoms. The average molecular weight is 481 g/mol. The average Bonchev–Trinajstić information content (AvgIpc) is 3.07. The summed E-state index contributed by atoms with van der Waals surface area (Å²) in [6.07, 6.45) is 1.77. The molecule has 1 fully saturated rings. The lowest BCUT2D eigenvalue weighted by molar-refractivity contribution is 0.102. The number of carbonyl (C=O) groups is 1. The zero-order valence-electron chi connectivity index (χ0n) is 20.2. The van der Waals surface area contributed by atoms with E-state index < -0.39 is 10.0 Å². The molecular weight excluding hydrogens is 448 g/mol.